The Hall–Kier alpha value is -1.00. The van der Waals surface area contributed by atoms with Gasteiger partial charge in [-0.05, 0) is 50.4 Å². The topological polar surface area (TPSA) is 32.3 Å². The van der Waals surface area contributed by atoms with Crippen LogP contribution in [-0.2, 0) is 4.79 Å². The molecule has 1 atom stereocenters. The van der Waals surface area contributed by atoms with Crippen LogP contribution in [-0.4, -0.2) is 42.7 Å². The number of amides is 1. The molecule has 0 spiro atoms. The van der Waals surface area contributed by atoms with E-state index in [0.717, 1.165) is 31.9 Å². The van der Waals surface area contributed by atoms with Gasteiger partial charge in [0.15, 0.2) is 0 Å². The molecule has 1 fully saturated rings. The molecule has 1 aromatic carbocycles. The normalized spacial score (nSPS) is 22.0. The predicted octanol–water partition coefficient (Wildman–Crippen LogP) is 2.72. The molecule has 1 unspecified atom stereocenters. The van der Waals surface area contributed by atoms with Crippen LogP contribution in [0.25, 0.3) is 0 Å². The molecular formula is C17H24N2OS. The van der Waals surface area contributed by atoms with Crippen LogP contribution < -0.4 is 5.32 Å². The second kappa shape index (κ2) is 6.84. The van der Waals surface area contributed by atoms with Crippen molar-refractivity contribution in [1.82, 2.24) is 10.2 Å². The summed E-state index contributed by atoms with van der Waals surface area (Å²) in [6.45, 7) is 6.05. The van der Waals surface area contributed by atoms with Gasteiger partial charge in [-0.2, -0.15) is 0 Å². The molecule has 0 radical (unpaired) electrons. The van der Waals surface area contributed by atoms with Crippen molar-refractivity contribution in [2.45, 2.75) is 30.6 Å². The molecule has 21 heavy (non-hydrogen) atoms. The maximum atomic E-state index is 12.9. The maximum Gasteiger partial charge on any atom is 0.231 e. The van der Waals surface area contributed by atoms with Gasteiger partial charge in [-0.25, -0.2) is 0 Å². The third-order valence-corrected chi connectivity index (χ3v) is 5.81. The monoisotopic (exact) mass is 304 g/mol. The van der Waals surface area contributed by atoms with Crippen molar-refractivity contribution in [2.24, 2.45) is 5.92 Å². The molecule has 4 heteroatoms. The Balaban J connectivity index is 1.68. The first-order valence-electron chi connectivity index (χ1n) is 8.00. The first kappa shape index (κ1) is 14.9. The van der Waals surface area contributed by atoms with Crippen LogP contribution in [0.4, 0.5) is 0 Å². The van der Waals surface area contributed by atoms with Crippen molar-refractivity contribution >= 4 is 17.7 Å². The lowest BCUT2D eigenvalue weighted by atomic mass is 9.95. The van der Waals surface area contributed by atoms with Crippen LogP contribution in [0, 0.1) is 5.92 Å². The Bertz CT molecular complexity index is 499. The van der Waals surface area contributed by atoms with Gasteiger partial charge in [0.2, 0.25) is 5.91 Å². The zero-order valence-electron chi connectivity index (χ0n) is 12.7. The summed E-state index contributed by atoms with van der Waals surface area (Å²) in [6.07, 6.45) is 2.39. The zero-order chi connectivity index (χ0) is 14.7. The Morgan fingerprint density at radius 2 is 2.10 bits per heavy atom. The molecule has 0 aliphatic carbocycles. The molecule has 3 rings (SSSR count). The minimum absolute atomic E-state index is 0.0628. The molecular weight excluding hydrogens is 280 g/mol. The average Bonchev–Trinajstić information content (AvgIpc) is 2.97. The Morgan fingerprint density at radius 3 is 2.86 bits per heavy atom. The molecule has 2 aliphatic rings. The van der Waals surface area contributed by atoms with Crippen molar-refractivity contribution in [3.8, 4) is 0 Å². The lowest BCUT2D eigenvalue weighted by Gasteiger charge is -2.31. The van der Waals surface area contributed by atoms with Gasteiger partial charge in [-0.1, -0.05) is 18.2 Å². The highest BCUT2D eigenvalue weighted by Gasteiger charge is 2.32. The number of piperidine rings is 1. The van der Waals surface area contributed by atoms with Gasteiger partial charge >= 0.3 is 0 Å². The maximum absolute atomic E-state index is 12.9. The number of rotatable bonds is 4. The van der Waals surface area contributed by atoms with E-state index < -0.39 is 0 Å². The number of nitrogens with one attached hydrogen (secondary N) is 1. The summed E-state index contributed by atoms with van der Waals surface area (Å²) in [5, 5.41) is 3.40. The molecule has 1 aromatic rings. The van der Waals surface area contributed by atoms with E-state index >= 15 is 0 Å². The predicted molar refractivity (Wildman–Crippen MR) is 87.8 cm³/mol. The SMILES string of the molecule is CCN(CC1CCNCC1)C(=O)C1CSc2ccccc21. The van der Waals surface area contributed by atoms with Crippen LogP contribution in [0.1, 0.15) is 31.2 Å². The van der Waals surface area contributed by atoms with Crippen LogP contribution in [0.15, 0.2) is 29.2 Å². The number of carbonyl (C=O) groups excluding carboxylic acids is 1. The van der Waals surface area contributed by atoms with Gasteiger partial charge in [0.05, 0.1) is 5.92 Å². The Morgan fingerprint density at radius 1 is 1.33 bits per heavy atom. The molecule has 1 saturated heterocycles. The van der Waals surface area contributed by atoms with Crippen LogP contribution in [0.5, 0.6) is 0 Å². The summed E-state index contributed by atoms with van der Waals surface area (Å²) < 4.78 is 0. The number of hydrogen-bond acceptors (Lipinski definition) is 3. The number of hydrogen-bond donors (Lipinski definition) is 1. The molecule has 3 nitrogen and oxygen atoms in total. The Labute approximate surface area is 131 Å². The van der Waals surface area contributed by atoms with Gasteiger partial charge in [0.25, 0.3) is 0 Å². The van der Waals surface area contributed by atoms with Crippen molar-refractivity contribution in [3.63, 3.8) is 0 Å². The highest BCUT2D eigenvalue weighted by molar-refractivity contribution is 7.99. The summed E-state index contributed by atoms with van der Waals surface area (Å²) in [7, 11) is 0. The largest absolute Gasteiger partial charge is 0.342 e. The van der Waals surface area contributed by atoms with Crippen LogP contribution >= 0.6 is 11.8 Å². The summed E-state index contributed by atoms with van der Waals surface area (Å²) in [4.78, 5) is 16.3. The zero-order valence-corrected chi connectivity index (χ0v) is 13.5. The second-order valence-corrected chi connectivity index (χ2v) is 7.03. The van der Waals surface area contributed by atoms with Gasteiger partial charge in [0.1, 0.15) is 0 Å². The number of fused-ring (bicyclic) bond motifs is 1. The molecule has 2 aliphatic heterocycles. The van der Waals surface area contributed by atoms with Crippen molar-refractivity contribution in [3.05, 3.63) is 29.8 Å². The third kappa shape index (κ3) is 3.27. The van der Waals surface area contributed by atoms with E-state index in [1.54, 1.807) is 0 Å². The quantitative estimate of drug-likeness (QED) is 0.928. The van der Waals surface area contributed by atoms with E-state index in [-0.39, 0.29) is 5.92 Å². The smallest absolute Gasteiger partial charge is 0.231 e. The molecule has 114 valence electrons. The average molecular weight is 304 g/mol. The van der Waals surface area contributed by atoms with Gasteiger partial charge in [0, 0.05) is 23.7 Å². The minimum atomic E-state index is 0.0628. The van der Waals surface area contributed by atoms with E-state index in [1.807, 2.05) is 17.8 Å². The molecule has 0 aromatic heterocycles. The van der Waals surface area contributed by atoms with Crippen LogP contribution in [0.3, 0.4) is 0 Å². The molecule has 0 saturated carbocycles. The van der Waals surface area contributed by atoms with Crippen molar-refractivity contribution in [2.75, 3.05) is 31.9 Å². The highest BCUT2D eigenvalue weighted by Crippen LogP contribution is 2.40. The van der Waals surface area contributed by atoms with Gasteiger partial charge < -0.3 is 10.2 Å². The lowest BCUT2D eigenvalue weighted by molar-refractivity contribution is -0.132. The lowest BCUT2D eigenvalue weighted by Crippen LogP contribution is -2.41. The summed E-state index contributed by atoms with van der Waals surface area (Å²) in [5.74, 6) is 1.96. The molecule has 1 amide bonds. The summed E-state index contributed by atoms with van der Waals surface area (Å²) in [5.41, 5.74) is 1.23. The third-order valence-electron chi connectivity index (χ3n) is 4.63. The second-order valence-electron chi connectivity index (χ2n) is 5.97. The van der Waals surface area contributed by atoms with E-state index in [1.165, 1.54) is 23.3 Å². The van der Waals surface area contributed by atoms with E-state index in [9.17, 15) is 4.79 Å². The molecule has 0 bridgehead atoms. The highest BCUT2D eigenvalue weighted by atomic mass is 32.2. The fourth-order valence-electron chi connectivity index (χ4n) is 3.34. The summed E-state index contributed by atoms with van der Waals surface area (Å²) in [6, 6.07) is 8.37. The van der Waals surface area contributed by atoms with Gasteiger partial charge in [-0.15, -0.1) is 11.8 Å². The number of thioether (sulfide) groups is 1. The summed E-state index contributed by atoms with van der Waals surface area (Å²) >= 11 is 1.82. The van der Waals surface area contributed by atoms with E-state index in [4.69, 9.17) is 0 Å². The number of nitrogens with zero attached hydrogens (tertiary/aromatic N) is 1. The fourth-order valence-corrected chi connectivity index (χ4v) is 4.56. The first-order chi connectivity index (χ1) is 10.3. The van der Waals surface area contributed by atoms with E-state index in [0.29, 0.717) is 11.8 Å². The van der Waals surface area contributed by atoms with Crippen molar-refractivity contribution < 1.29 is 4.79 Å². The van der Waals surface area contributed by atoms with Crippen LogP contribution in [0.2, 0.25) is 0 Å². The fraction of sp³-hybridized carbons (Fsp3) is 0.588. The molecule has 1 N–H and O–H groups in total. The van der Waals surface area contributed by atoms with Crippen molar-refractivity contribution in [1.29, 1.82) is 0 Å². The first-order valence-corrected chi connectivity index (χ1v) is 8.99. The standard InChI is InChI=1S/C17H24N2OS/c1-2-19(11-13-7-9-18-10-8-13)17(20)15-12-21-16-6-4-3-5-14(15)16/h3-6,13,15,18H,2,7-12H2,1H3. The van der Waals surface area contributed by atoms with Gasteiger partial charge in [-0.3, -0.25) is 4.79 Å². The van der Waals surface area contributed by atoms with E-state index in [2.05, 4.69) is 35.3 Å². The number of carbonyl (C=O) groups is 1. The number of benzene rings is 1. The number of likely N-dealkylation sites (N-methyl/N-ethyl adjacent to an activating group) is 1. The Kier molecular flexibility index (Phi) is 4.86. The minimum Gasteiger partial charge on any atom is -0.342 e. The molecule has 2 heterocycles.